The highest BCUT2D eigenvalue weighted by Crippen LogP contribution is 2.09. The summed E-state index contributed by atoms with van der Waals surface area (Å²) in [7, 11) is 0. The molecule has 2 nitrogen and oxygen atoms in total. The lowest BCUT2D eigenvalue weighted by molar-refractivity contribution is 0.104. The zero-order chi connectivity index (χ0) is 12.1. The molecule has 1 heterocycles. The van der Waals surface area contributed by atoms with Crippen LogP contribution >= 0.6 is 0 Å². The number of nitrogens with zero attached hydrogens (tertiary/aromatic N) is 1. The third kappa shape index (κ3) is 1.17. The molecule has 4 rings (SSSR count). The van der Waals surface area contributed by atoms with Crippen LogP contribution in [0.15, 0.2) is 42.5 Å². The first-order chi connectivity index (χ1) is 8.83. The maximum atomic E-state index is 11.8. The minimum Gasteiger partial charge on any atom is -0.289 e. The molecule has 0 aliphatic heterocycles. The molecule has 0 N–H and O–H groups in total. The zero-order valence-corrected chi connectivity index (χ0v) is 9.55. The number of rotatable bonds is 0. The zero-order valence-electron chi connectivity index (χ0n) is 9.55. The van der Waals surface area contributed by atoms with E-state index in [4.69, 9.17) is 0 Å². The van der Waals surface area contributed by atoms with Crippen LogP contribution in [-0.2, 0) is 0 Å². The minimum absolute atomic E-state index is 0.0344. The van der Waals surface area contributed by atoms with Crippen LogP contribution in [0.2, 0.25) is 0 Å². The second-order valence-electron chi connectivity index (χ2n) is 4.48. The number of hydrogen-bond donors (Lipinski definition) is 0. The van der Waals surface area contributed by atoms with Crippen molar-refractivity contribution in [1.82, 2.24) is 4.98 Å². The first-order valence-corrected chi connectivity index (χ1v) is 5.88. The molecule has 0 bridgehead atoms. The summed E-state index contributed by atoms with van der Waals surface area (Å²) in [6.07, 6.45) is 7.29. The van der Waals surface area contributed by atoms with Crippen molar-refractivity contribution in [2.45, 2.75) is 0 Å². The van der Waals surface area contributed by atoms with Gasteiger partial charge in [-0.15, -0.1) is 0 Å². The molecule has 1 aromatic carbocycles. The average Bonchev–Trinajstić information content (AvgIpc) is 2.75. The molecule has 0 spiro atoms. The lowest BCUT2D eigenvalue weighted by Crippen LogP contribution is -2.20. The van der Waals surface area contributed by atoms with E-state index in [1.54, 1.807) is 12.2 Å². The maximum Gasteiger partial charge on any atom is 0.188 e. The molecule has 2 heteroatoms. The van der Waals surface area contributed by atoms with Crippen molar-refractivity contribution < 1.29 is 4.79 Å². The van der Waals surface area contributed by atoms with Gasteiger partial charge in [0.2, 0.25) is 0 Å². The molecule has 2 aromatic rings. The standard InChI is InChI=1S/C16H9NO/c18-16-7-3-6-14-13(16)9-12-11-5-2-1-4-10(11)8-15(12)17-14/h1-9H. The molecule has 0 saturated carbocycles. The van der Waals surface area contributed by atoms with Gasteiger partial charge in [0.1, 0.15) is 0 Å². The van der Waals surface area contributed by atoms with Crippen LogP contribution < -0.4 is 10.6 Å². The predicted molar refractivity (Wildman–Crippen MR) is 69.1 cm³/mol. The number of benzene rings is 1. The monoisotopic (exact) mass is 231 g/mol. The van der Waals surface area contributed by atoms with Crippen LogP contribution in [0.3, 0.4) is 0 Å². The van der Waals surface area contributed by atoms with Gasteiger partial charge in [-0.3, -0.25) is 4.79 Å². The second-order valence-corrected chi connectivity index (χ2v) is 4.48. The minimum atomic E-state index is 0.0344. The van der Waals surface area contributed by atoms with Crippen LogP contribution in [0, 0.1) is 10.4 Å². The number of fused-ring (bicyclic) bond motifs is 3. The van der Waals surface area contributed by atoms with Crippen molar-refractivity contribution in [3.05, 3.63) is 74.7 Å². The van der Waals surface area contributed by atoms with Crippen molar-refractivity contribution in [2.24, 2.45) is 0 Å². The summed E-state index contributed by atoms with van der Waals surface area (Å²) in [5.41, 5.74) is 1.65. The van der Waals surface area contributed by atoms with Crippen LogP contribution in [-0.4, -0.2) is 10.8 Å². The molecule has 18 heavy (non-hydrogen) atoms. The van der Waals surface area contributed by atoms with Gasteiger partial charge < -0.3 is 0 Å². The lowest BCUT2D eigenvalue weighted by Gasteiger charge is -2.02. The first-order valence-electron chi connectivity index (χ1n) is 5.88. The number of carbonyl (C=O) groups is 1. The Labute approximate surface area is 103 Å². The van der Waals surface area contributed by atoms with E-state index < -0.39 is 0 Å². The topological polar surface area (TPSA) is 30.0 Å². The van der Waals surface area contributed by atoms with Gasteiger partial charge in [-0.1, -0.05) is 30.3 Å². The fourth-order valence-corrected chi connectivity index (χ4v) is 2.52. The van der Waals surface area contributed by atoms with Gasteiger partial charge in [0.15, 0.2) is 5.78 Å². The van der Waals surface area contributed by atoms with Crippen molar-refractivity contribution >= 4 is 17.9 Å². The molecule has 0 amide bonds. The fourth-order valence-electron chi connectivity index (χ4n) is 2.52. The number of pyridine rings is 1. The number of allylic oxidation sites excluding steroid dienone is 2. The normalized spacial score (nSPS) is 14.3. The summed E-state index contributed by atoms with van der Waals surface area (Å²) in [5.74, 6) is 0.0344. The van der Waals surface area contributed by atoms with E-state index in [0.717, 1.165) is 21.5 Å². The highest BCUT2D eigenvalue weighted by Gasteiger charge is 2.12. The highest BCUT2D eigenvalue weighted by atomic mass is 16.1. The fraction of sp³-hybridized carbons (Fsp3) is 0. The predicted octanol–water partition coefficient (Wildman–Crippen LogP) is 1.04. The number of ketones is 1. The van der Waals surface area contributed by atoms with Crippen molar-refractivity contribution in [3.63, 3.8) is 0 Å². The Balaban J connectivity index is 2.25. The Bertz CT molecular complexity index is 936. The van der Waals surface area contributed by atoms with Crippen LogP contribution in [0.25, 0.3) is 12.2 Å². The summed E-state index contributed by atoms with van der Waals surface area (Å²) in [6, 6.07) is 10.1. The van der Waals surface area contributed by atoms with Crippen molar-refractivity contribution in [3.8, 4) is 0 Å². The van der Waals surface area contributed by atoms with Crippen LogP contribution in [0.5, 0.6) is 0 Å². The highest BCUT2D eigenvalue weighted by molar-refractivity contribution is 6.06. The number of aromatic nitrogens is 1. The van der Waals surface area contributed by atoms with Gasteiger partial charge in [-0.25, -0.2) is 4.98 Å². The summed E-state index contributed by atoms with van der Waals surface area (Å²) in [4.78, 5) is 16.4. The SMILES string of the molecule is O=C1C=CC=c2nc3c(cc21)=c1ccccc1=C3. The molecule has 2 aliphatic rings. The molecular weight excluding hydrogens is 222 g/mol. The van der Waals surface area contributed by atoms with E-state index >= 15 is 0 Å². The van der Waals surface area contributed by atoms with E-state index in [0.29, 0.717) is 5.56 Å². The summed E-state index contributed by atoms with van der Waals surface area (Å²) < 4.78 is 0. The summed E-state index contributed by atoms with van der Waals surface area (Å²) >= 11 is 0. The molecule has 0 saturated heterocycles. The van der Waals surface area contributed by atoms with E-state index in [2.05, 4.69) is 23.2 Å². The maximum absolute atomic E-state index is 11.8. The van der Waals surface area contributed by atoms with Gasteiger partial charge in [-0.2, -0.15) is 0 Å². The Hall–Kier alpha value is -2.48. The van der Waals surface area contributed by atoms with Gasteiger partial charge >= 0.3 is 0 Å². The molecule has 0 atom stereocenters. The summed E-state index contributed by atoms with van der Waals surface area (Å²) in [6.45, 7) is 0. The molecule has 84 valence electrons. The molecule has 0 fully saturated rings. The van der Waals surface area contributed by atoms with Gasteiger partial charge in [0.05, 0.1) is 11.0 Å². The summed E-state index contributed by atoms with van der Waals surface area (Å²) in [5, 5.41) is 4.15. The van der Waals surface area contributed by atoms with E-state index in [-0.39, 0.29) is 5.78 Å². The van der Waals surface area contributed by atoms with E-state index in [1.807, 2.05) is 24.3 Å². The van der Waals surface area contributed by atoms with Gasteiger partial charge in [0.25, 0.3) is 0 Å². The third-order valence-electron chi connectivity index (χ3n) is 3.39. The lowest BCUT2D eigenvalue weighted by atomic mass is 10.1. The number of carbonyl (C=O) groups excluding carboxylic acids is 1. The average molecular weight is 231 g/mol. The number of hydrogen-bond acceptors (Lipinski definition) is 2. The van der Waals surface area contributed by atoms with Gasteiger partial charge in [0, 0.05) is 10.8 Å². The van der Waals surface area contributed by atoms with Gasteiger partial charge in [-0.05, 0) is 34.7 Å². The van der Waals surface area contributed by atoms with E-state index in [9.17, 15) is 4.79 Å². The van der Waals surface area contributed by atoms with Crippen LogP contribution in [0.4, 0.5) is 0 Å². The Morgan fingerprint density at radius 3 is 2.89 bits per heavy atom. The Morgan fingerprint density at radius 2 is 1.94 bits per heavy atom. The molecule has 2 aliphatic carbocycles. The molecule has 1 aromatic heterocycles. The molecular formula is C16H9NO. The Kier molecular flexibility index (Phi) is 1.73. The molecule has 0 unspecified atom stereocenters. The second kappa shape index (κ2) is 3.26. The smallest absolute Gasteiger partial charge is 0.188 e. The largest absolute Gasteiger partial charge is 0.289 e. The quantitative estimate of drug-likeness (QED) is 0.578. The molecule has 0 radical (unpaired) electrons. The van der Waals surface area contributed by atoms with Crippen LogP contribution in [0.1, 0.15) is 16.1 Å². The first kappa shape index (κ1) is 9.54. The van der Waals surface area contributed by atoms with E-state index in [1.165, 1.54) is 5.22 Å². The van der Waals surface area contributed by atoms with Crippen molar-refractivity contribution in [2.75, 3.05) is 0 Å². The Morgan fingerprint density at radius 1 is 1.06 bits per heavy atom. The third-order valence-corrected chi connectivity index (χ3v) is 3.39. The van der Waals surface area contributed by atoms with Crippen molar-refractivity contribution in [1.29, 1.82) is 0 Å².